The summed E-state index contributed by atoms with van der Waals surface area (Å²) in [5.74, 6) is 1.17. The second-order valence-electron chi connectivity index (χ2n) is 6.98. The van der Waals surface area contributed by atoms with Gasteiger partial charge in [-0.15, -0.1) is 11.8 Å². The van der Waals surface area contributed by atoms with Crippen molar-refractivity contribution >= 4 is 52.6 Å². The molecule has 3 amide bonds. The van der Waals surface area contributed by atoms with Crippen LogP contribution < -0.4 is 5.32 Å². The quantitative estimate of drug-likeness (QED) is 0.770. The van der Waals surface area contributed by atoms with Gasteiger partial charge < -0.3 is 15.1 Å². The van der Waals surface area contributed by atoms with Crippen molar-refractivity contribution in [3.63, 3.8) is 0 Å². The molecule has 0 aliphatic carbocycles. The third-order valence-corrected chi connectivity index (χ3v) is 7.04. The van der Waals surface area contributed by atoms with Gasteiger partial charge in [-0.25, -0.2) is 4.79 Å². The van der Waals surface area contributed by atoms with E-state index in [1.807, 2.05) is 30.5 Å². The Morgan fingerprint density at radius 3 is 2.50 bits per heavy atom. The summed E-state index contributed by atoms with van der Waals surface area (Å²) in [5.41, 5.74) is 0.549. The number of hydrogen-bond donors (Lipinski definition) is 1. The monoisotopic (exact) mass is 415 g/mol. The maximum absolute atomic E-state index is 12.6. The van der Waals surface area contributed by atoms with E-state index in [1.54, 1.807) is 23.1 Å². The number of thioether (sulfide) groups is 1. The van der Waals surface area contributed by atoms with Gasteiger partial charge in [0, 0.05) is 36.3 Å². The molecule has 0 saturated carbocycles. The van der Waals surface area contributed by atoms with Crippen LogP contribution in [0.3, 0.4) is 0 Å². The molecule has 2 aliphatic rings. The Bertz CT molecular complexity index is 706. The molecule has 0 aromatic heterocycles. The summed E-state index contributed by atoms with van der Waals surface area (Å²) in [6.45, 7) is 5.92. The van der Waals surface area contributed by atoms with Crippen molar-refractivity contribution in [2.75, 3.05) is 30.7 Å². The zero-order valence-electron chi connectivity index (χ0n) is 14.9. The molecule has 3 rings (SSSR count). The SMILES string of the molecule is CC(C)C(=O)N1CCSC12CCN(C(=O)Nc1ccc(Cl)cc1Cl)CC2. The topological polar surface area (TPSA) is 52.7 Å². The summed E-state index contributed by atoms with van der Waals surface area (Å²) < 4.78 is 0. The number of rotatable bonds is 2. The summed E-state index contributed by atoms with van der Waals surface area (Å²) in [6, 6.07) is 4.82. The lowest BCUT2D eigenvalue weighted by Crippen LogP contribution is -2.55. The second-order valence-corrected chi connectivity index (χ2v) is 9.28. The molecule has 142 valence electrons. The van der Waals surface area contributed by atoms with Crippen molar-refractivity contribution in [1.82, 2.24) is 9.80 Å². The molecule has 0 atom stereocenters. The Labute approximate surface area is 168 Å². The Balaban J connectivity index is 1.62. The van der Waals surface area contributed by atoms with Gasteiger partial charge in [0.25, 0.3) is 0 Å². The lowest BCUT2D eigenvalue weighted by molar-refractivity contribution is -0.137. The predicted octanol–water partition coefficient (Wildman–Crippen LogP) is 4.55. The summed E-state index contributed by atoms with van der Waals surface area (Å²) in [7, 11) is 0. The summed E-state index contributed by atoms with van der Waals surface area (Å²) in [6.07, 6.45) is 1.58. The van der Waals surface area contributed by atoms with Gasteiger partial charge in [-0.1, -0.05) is 37.0 Å². The molecule has 1 spiro atoms. The average molecular weight is 416 g/mol. The smallest absolute Gasteiger partial charge is 0.321 e. The van der Waals surface area contributed by atoms with Crippen LogP contribution in [0.25, 0.3) is 0 Å². The second kappa shape index (κ2) is 7.87. The number of amides is 3. The van der Waals surface area contributed by atoms with Crippen LogP contribution in [0.4, 0.5) is 10.5 Å². The van der Waals surface area contributed by atoms with Gasteiger partial charge in [0.2, 0.25) is 5.91 Å². The maximum Gasteiger partial charge on any atom is 0.321 e. The number of anilines is 1. The molecule has 2 heterocycles. The van der Waals surface area contributed by atoms with Crippen LogP contribution in [0.15, 0.2) is 18.2 Å². The number of benzene rings is 1. The Morgan fingerprint density at radius 1 is 1.19 bits per heavy atom. The van der Waals surface area contributed by atoms with Gasteiger partial charge in [-0.3, -0.25) is 4.79 Å². The molecule has 2 aliphatic heterocycles. The van der Waals surface area contributed by atoms with Crippen molar-refractivity contribution in [1.29, 1.82) is 0 Å². The normalized spacial score (nSPS) is 19.3. The Kier molecular flexibility index (Phi) is 5.94. The van der Waals surface area contributed by atoms with Crippen LogP contribution >= 0.6 is 35.0 Å². The van der Waals surface area contributed by atoms with E-state index in [1.165, 1.54) is 0 Å². The number of carbonyl (C=O) groups excluding carboxylic acids is 2. The van der Waals surface area contributed by atoms with Gasteiger partial charge in [0.05, 0.1) is 15.6 Å². The molecule has 2 fully saturated rings. The average Bonchev–Trinajstić information content (AvgIpc) is 3.00. The number of nitrogens with zero attached hydrogens (tertiary/aromatic N) is 2. The van der Waals surface area contributed by atoms with Crippen molar-refractivity contribution in [3.8, 4) is 0 Å². The fraction of sp³-hybridized carbons (Fsp3) is 0.556. The Hall–Kier alpha value is -1.11. The van der Waals surface area contributed by atoms with Crippen LogP contribution in [0, 0.1) is 5.92 Å². The third kappa shape index (κ3) is 3.92. The first-order chi connectivity index (χ1) is 12.3. The van der Waals surface area contributed by atoms with Gasteiger partial charge in [0.1, 0.15) is 0 Å². The Morgan fingerprint density at radius 2 is 1.88 bits per heavy atom. The zero-order valence-corrected chi connectivity index (χ0v) is 17.3. The van der Waals surface area contributed by atoms with E-state index in [9.17, 15) is 9.59 Å². The van der Waals surface area contributed by atoms with Gasteiger partial charge in [0.15, 0.2) is 0 Å². The molecular weight excluding hydrogens is 393 g/mol. The fourth-order valence-electron chi connectivity index (χ4n) is 3.49. The molecule has 2 saturated heterocycles. The third-order valence-electron chi connectivity index (χ3n) is 4.94. The van der Waals surface area contributed by atoms with E-state index in [2.05, 4.69) is 5.32 Å². The number of urea groups is 1. The lowest BCUT2D eigenvalue weighted by atomic mass is 10.0. The first-order valence-electron chi connectivity index (χ1n) is 8.79. The summed E-state index contributed by atoms with van der Waals surface area (Å²) >= 11 is 13.9. The van der Waals surface area contributed by atoms with Crippen LogP contribution in [0.1, 0.15) is 26.7 Å². The fourth-order valence-corrected chi connectivity index (χ4v) is 5.41. The minimum Gasteiger partial charge on any atom is -0.327 e. The first-order valence-corrected chi connectivity index (χ1v) is 10.5. The van der Waals surface area contributed by atoms with E-state index in [0.717, 1.165) is 25.1 Å². The van der Waals surface area contributed by atoms with Crippen LogP contribution in [0.5, 0.6) is 0 Å². The summed E-state index contributed by atoms with van der Waals surface area (Å²) in [4.78, 5) is 28.8. The molecule has 26 heavy (non-hydrogen) atoms. The van der Waals surface area contributed by atoms with Gasteiger partial charge in [-0.05, 0) is 31.0 Å². The molecule has 1 N–H and O–H groups in total. The van der Waals surface area contributed by atoms with Crippen molar-refractivity contribution in [2.45, 2.75) is 31.6 Å². The molecule has 0 radical (unpaired) electrons. The van der Waals surface area contributed by atoms with Crippen LogP contribution in [-0.4, -0.2) is 52.0 Å². The first kappa shape index (κ1) is 19.6. The largest absolute Gasteiger partial charge is 0.327 e. The number of carbonyl (C=O) groups is 2. The number of likely N-dealkylation sites (tertiary alicyclic amines) is 1. The molecule has 0 unspecified atom stereocenters. The summed E-state index contributed by atoms with van der Waals surface area (Å²) in [5, 5.41) is 3.79. The molecule has 8 heteroatoms. The highest BCUT2D eigenvalue weighted by Gasteiger charge is 2.47. The van der Waals surface area contributed by atoms with E-state index in [4.69, 9.17) is 23.2 Å². The van der Waals surface area contributed by atoms with E-state index < -0.39 is 0 Å². The minimum absolute atomic E-state index is 0.000972. The zero-order chi connectivity index (χ0) is 18.9. The van der Waals surface area contributed by atoms with E-state index in [0.29, 0.717) is 28.8 Å². The molecule has 1 aromatic rings. The van der Waals surface area contributed by atoms with Crippen molar-refractivity contribution in [3.05, 3.63) is 28.2 Å². The van der Waals surface area contributed by atoms with Gasteiger partial charge >= 0.3 is 6.03 Å². The number of nitrogens with one attached hydrogen (secondary N) is 1. The minimum atomic E-state index is -0.172. The van der Waals surface area contributed by atoms with E-state index in [-0.39, 0.29) is 22.7 Å². The standard InChI is InChI=1S/C18H23Cl2N3O2S/c1-12(2)16(24)23-9-10-26-18(23)5-7-22(8-6-18)17(25)21-15-4-3-13(19)11-14(15)20/h3-4,11-12H,5-10H2,1-2H3,(H,21,25). The van der Waals surface area contributed by atoms with Crippen LogP contribution in [0.2, 0.25) is 10.0 Å². The number of halogens is 2. The van der Waals surface area contributed by atoms with Crippen molar-refractivity contribution in [2.24, 2.45) is 5.92 Å². The maximum atomic E-state index is 12.6. The highest BCUT2D eigenvalue weighted by Crippen LogP contribution is 2.44. The van der Waals surface area contributed by atoms with E-state index >= 15 is 0 Å². The molecule has 1 aromatic carbocycles. The lowest BCUT2D eigenvalue weighted by Gasteiger charge is -2.44. The highest BCUT2D eigenvalue weighted by molar-refractivity contribution is 8.00. The predicted molar refractivity (Wildman–Crippen MR) is 108 cm³/mol. The van der Waals surface area contributed by atoms with Crippen LogP contribution in [-0.2, 0) is 4.79 Å². The number of piperidine rings is 1. The molecular formula is C18H23Cl2N3O2S. The molecule has 5 nitrogen and oxygen atoms in total. The van der Waals surface area contributed by atoms with Gasteiger partial charge in [-0.2, -0.15) is 0 Å². The van der Waals surface area contributed by atoms with Crippen molar-refractivity contribution < 1.29 is 9.59 Å². The highest BCUT2D eigenvalue weighted by atomic mass is 35.5. The molecule has 0 bridgehead atoms. The number of hydrogen-bond acceptors (Lipinski definition) is 3.